The van der Waals surface area contributed by atoms with E-state index in [0.29, 0.717) is 22.9 Å². The van der Waals surface area contributed by atoms with E-state index in [-0.39, 0.29) is 5.91 Å². The van der Waals surface area contributed by atoms with E-state index in [9.17, 15) is 4.79 Å². The van der Waals surface area contributed by atoms with Crippen LogP contribution in [-0.2, 0) is 17.6 Å². The zero-order valence-electron chi connectivity index (χ0n) is 12.5. The summed E-state index contributed by atoms with van der Waals surface area (Å²) < 4.78 is 0. The van der Waals surface area contributed by atoms with Crippen LogP contribution in [0.2, 0.25) is 10.0 Å². The molecule has 2 aromatic carbocycles. The van der Waals surface area contributed by atoms with Gasteiger partial charge in [0.15, 0.2) is 0 Å². The molecule has 1 heterocycles. The van der Waals surface area contributed by atoms with Crippen molar-refractivity contribution in [1.82, 2.24) is 0 Å². The number of rotatable bonds is 4. The van der Waals surface area contributed by atoms with Gasteiger partial charge in [0.05, 0.1) is 10.0 Å². The van der Waals surface area contributed by atoms with Crippen LogP contribution in [0.3, 0.4) is 0 Å². The lowest BCUT2D eigenvalue weighted by atomic mass is 10.0. The van der Waals surface area contributed by atoms with Gasteiger partial charge in [0.25, 0.3) is 0 Å². The highest BCUT2D eigenvalue weighted by molar-refractivity contribution is 6.42. The van der Waals surface area contributed by atoms with Gasteiger partial charge in [-0.25, -0.2) is 0 Å². The van der Waals surface area contributed by atoms with E-state index in [1.165, 1.54) is 5.56 Å². The standard InChI is InChI=1S/C18H16Cl2N2O/c19-16-5-1-12(9-17(16)20)2-6-18(23)22-15-4-3-13-7-8-21-11-14(13)10-15/h1,3-5,9-11H,2,6-8H2,(H,22,23). The Bertz CT molecular complexity index is 772. The molecule has 0 unspecified atom stereocenters. The fourth-order valence-corrected chi connectivity index (χ4v) is 2.87. The quantitative estimate of drug-likeness (QED) is 0.867. The van der Waals surface area contributed by atoms with E-state index in [1.54, 1.807) is 12.1 Å². The van der Waals surface area contributed by atoms with E-state index < -0.39 is 0 Å². The summed E-state index contributed by atoms with van der Waals surface area (Å²) in [6, 6.07) is 11.4. The second-order valence-corrected chi connectivity index (χ2v) is 6.31. The van der Waals surface area contributed by atoms with Crippen molar-refractivity contribution in [3.63, 3.8) is 0 Å². The third-order valence-electron chi connectivity index (χ3n) is 3.79. The highest BCUT2D eigenvalue weighted by Gasteiger charge is 2.09. The summed E-state index contributed by atoms with van der Waals surface area (Å²) in [5.41, 5.74) is 4.15. The molecule has 1 aliphatic rings. The maximum atomic E-state index is 12.1. The molecule has 118 valence electrons. The molecule has 0 atom stereocenters. The molecule has 0 spiro atoms. The van der Waals surface area contributed by atoms with Crippen molar-refractivity contribution in [3.8, 4) is 0 Å². The average Bonchev–Trinajstić information content (AvgIpc) is 2.56. The number of amides is 1. The molecule has 3 nitrogen and oxygen atoms in total. The van der Waals surface area contributed by atoms with Crippen molar-refractivity contribution in [2.45, 2.75) is 19.3 Å². The first-order valence-corrected chi connectivity index (χ1v) is 8.24. The minimum Gasteiger partial charge on any atom is -0.326 e. The van der Waals surface area contributed by atoms with Crippen molar-refractivity contribution in [2.75, 3.05) is 11.9 Å². The lowest BCUT2D eigenvalue weighted by Crippen LogP contribution is -2.13. The Labute approximate surface area is 145 Å². The average molecular weight is 347 g/mol. The Morgan fingerprint density at radius 2 is 2.00 bits per heavy atom. The fourth-order valence-electron chi connectivity index (χ4n) is 2.54. The number of halogens is 2. The number of fused-ring (bicyclic) bond motifs is 1. The molecule has 0 aliphatic carbocycles. The van der Waals surface area contributed by atoms with Gasteiger partial charge in [-0.3, -0.25) is 9.79 Å². The molecule has 1 N–H and O–H groups in total. The highest BCUT2D eigenvalue weighted by atomic mass is 35.5. The lowest BCUT2D eigenvalue weighted by molar-refractivity contribution is -0.116. The topological polar surface area (TPSA) is 41.5 Å². The molecule has 0 bridgehead atoms. The van der Waals surface area contributed by atoms with Gasteiger partial charge in [0, 0.05) is 24.9 Å². The van der Waals surface area contributed by atoms with Crippen LogP contribution in [0.15, 0.2) is 41.4 Å². The van der Waals surface area contributed by atoms with Crippen molar-refractivity contribution in [1.29, 1.82) is 0 Å². The third-order valence-corrected chi connectivity index (χ3v) is 4.53. The maximum absolute atomic E-state index is 12.1. The number of hydrogen-bond donors (Lipinski definition) is 1. The molecule has 23 heavy (non-hydrogen) atoms. The SMILES string of the molecule is O=C(CCc1ccc(Cl)c(Cl)c1)Nc1ccc2c(c1)C=NCC2. The van der Waals surface area contributed by atoms with Crippen LogP contribution in [0.25, 0.3) is 0 Å². The number of nitrogens with zero attached hydrogens (tertiary/aromatic N) is 1. The van der Waals surface area contributed by atoms with Crippen LogP contribution in [0, 0.1) is 0 Å². The normalized spacial score (nSPS) is 12.8. The van der Waals surface area contributed by atoms with Gasteiger partial charge in [0.2, 0.25) is 5.91 Å². The van der Waals surface area contributed by atoms with Crippen molar-refractivity contribution < 1.29 is 4.79 Å². The van der Waals surface area contributed by atoms with Gasteiger partial charge in [-0.2, -0.15) is 0 Å². The van der Waals surface area contributed by atoms with Gasteiger partial charge in [-0.1, -0.05) is 35.3 Å². The number of anilines is 1. The Kier molecular flexibility index (Phi) is 4.99. The molecule has 0 saturated heterocycles. The van der Waals surface area contributed by atoms with E-state index in [0.717, 1.165) is 29.8 Å². The second kappa shape index (κ2) is 7.16. The lowest BCUT2D eigenvalue weighted by Gasteiger charge is -2.12. The number of carbonyl (C=O) groups is 1. The predicted molar refractivity (Wildman–Crippen MR) is 96.0 cm³/mol. The zero-order valence-corrected chi connectivity index (χ0v) is 14.0. The molecule has 1 amide bonds. The number of aliphatic imine (C=N–C) groups is 1. The van der Waals surface area contributed by atoms with Gasteiger partial charge in [0.1, 0.15) is 0 Å². The van der Waals surface area contributed by atoms with E-state index in [2.05, 4.69) is 16.4 Å². The van der Waals surface area contributed by atoms with Crippen molar-refractivity contribution >= 4 is 41.0 Å². The molecule has 5 heteroatoms. The van der Waals surface area contributed by atoms with Gasteiger partial charge in [-0.05, 0) is 53.8 Å². The predicted octanol–water partition coefficient (Wildman–Crippen LogP) is 4.54. The van der Waals surface area contributed by atoms with Crippen LogP contribution in [0.5, 0.6) is 0 Å². The molecule has 0 radical (unpaired) electrons. The Morgan fingerprint density at radius 1 is 1.13 bits per heavy atom. The van der Waals surface area contributed by atoms with Crippen LogP contribution in [0.4, 0.5) is 5.69 Å². The minimum absolute atomic E-state index is 0.0243. The number of nitrogens with one attached hydrogen (secondary N) is 1. The van der Waals surface area contributed by atoms with Crippen molar-refractivity contribution in [2.24, 2.45) is 4.99 Å². The van der Waals surface area contributed by atoms with Crippen molar-refractivity contribution in [3.05, 3.63) is 63.1 Å². The van der Waals surface area contributed by atoms with E-state index in [1.807, 2.05) is 24.4 Å². The number of aryl methyl sites for hydroxylation is 1. The molecule has 0 aromatic heterocycles. The smallest absolute Gasteiger partial charge is 0.224 e. The monoisotopic (exact) mass is 346 g/mol. The fraction of sp³-hybridized carbons (Fsp3) is 0.222. The number of benzene rings is 2. The second-order valence-electron chi connectivity index (χ2n) is 5.50. The van der Waals surface area contributed by atoms with Crippen LogP contribution in [0.1, 0.15) is 23.1 Å². The van der Waals surface area contributed by atoms with E-state index in [4.69, 9.17) is 23.2 Å². The first-order chi connectivity index (χ1) is 11.1. The summed E-state index contributed by atoms with van der Waals surface area (Å²) >= 11 is 11.9. The maximum Gasteiger partial charge on any atom is 0.224 e. The van der Waals surface area contributed by atoms with Gasteiger partial charge >= 0.3 is 0 Å². The van der Waals surface area contributed by atoms with Gasteiger partial charge < -0.3 is 5.32 Å². The molecular weight excluding hydrogens is 331 g/mol. The van der Waals surface area contributed by atoms with E-state index >= 15 is 0 Å². The van der Waals surface area contributed by atoms with Crippen LogP contribution in [-0.4, -0.2) is 18.7 Å². The minimum atomic E-state index is -0.0243. The summed E-state index contributed by atoms with van der Waals surface area (Å²) in [5, 5.41) is 3.96. The molecule has 0 fully saturated rings. The van der Waals surface area contributed by atoms with Gasteiger partial charge in [-0.15, -0.1) is 0 Å². The first kappa shape index (κ1) is 16.0. The Balaban J connectivity index is 1.59. The molecule has 0 saturated carbocycles. The summed E-state index contributed by atoms with van der Waals surface area (Å²) in [6.07, 6.45) is 3.83. The molecule has 2 aromatic rings. The third kappa shape index (κ3) is 4.12. The summed E-state index contributed by atoms with van der Waals surface area (Å²) in [5.74, 6) is -0.0243. The molecular formula is C18H16Cl2N2O. The number of carbonyl (C=O) groups excluding carboxylic acids is 1. The summed E-state index contributed by atoms with van der Waals surface area (Å²) in [7, 11) is 0. The summed E-state index contributed by atoms with van der Waals surface area (Å²) in [4.78, 5) is 16.4. The Hall–Kier alpha value is -1.84. The zero-order chi connectivity index (χ0) is 16.2. The summed E-state index contributed by atoms with van der Waals surface area (Å²) in [6.45, 7) is 0.836. The molecule has 3 rings (SSSR count). The largest absolute Gasteiger partial charge is 0.326 e. The number of hydrogen-bond acceptors (Lipinski definition) is 2. The highest BCUT2D eigenvalue weighted by Crippen LogP contribution is 2.23. The molecule has 1 aliphatic heterocycles. The first-order valence-electron chi connectivity index (χ1n) is 7.48. The van der Waals surface area contributed by atoms with Crippen LogP contribution < -0.4 is 5.32 Å². The van der Waals surface area contributed by atoms with Crippen LogP contribution >= 0.6 is 23.2 Å². The Morgan fingerprint density at radius 3 is 2.83 bits per heavy atom.